The van der Waals surface area contributed by atoms with E-state index in [1.165, 1.54) is 0 Å². The van der Waals surface area contributed by atoms with Crippen LogP contribution in [-0.4, -0.2) is 39.0 Å². The molecule has 47 heavy (non-hydrogen) atoms. The van der Waals surface area contributed by atoms with Crippen molar-refractivity contribution in [1.82, 2.24) is 4.72 Å². The van der Waals surface area contributed by atoms with E-state index in [9.17, 15) is 18.0 Å². The van der Waals surface area contributed by atoms with E-state index in [0.29, 0.717) is 29.7 Å². The molecule has 3 aromatic rings. The first kappa shape index (κ1) is 33.3. The number of fused-ring (bicyclic) bond motifs is 3. The van der Waals surface area contributed by atoms with Crippen molar-refractivity contribution in [2.75, 3.05) is 18.0 Å². The molecule has 0 radical (unpaired) electrons. The zero-order chi connectivity index (χ0) is 33.0. The summed E-state index contributed by atoms with van der Waals surface area (Å²) in [5, 5.41) is -0.156. The lowest BCUT2D eigenvalue weighted by Crippen LogP contribution is -2.43. The second-order valence-corrected chi connectivity index (χ2v) is 15.7. The summed E-state index contributed by atoms with van der Waals surface area (Å²) in [7, 11) is -4.08. The van der Waals surface area contributed by atoms with Crippen LogP contribution in [0, 0.1) is 23.7 Å². The third-order valence-corrected chi connectivity index (χ3v) is 12.4. The monoisotopic (exact) mass is 674 g/mol. The number of allylic oxidation sites excluding steroid dienone is 2. The molecule has 9 heteroatoms. The van der Waals surface area contributed by atoms with Gasteiger partial charge in [0.05, 0.1) is 10.9 Å². The molecule has 5 atom stereocenters. The zero-order valence-corrected chi connectivity index (χ0v) is 28.4. The number of ether oxygens (including phenoxy) is 1. The maximum absolute atomic E-state index is 13.9. The average molecular weight is 675 g/mol. The van der Waals surface area contributed by atoms with Gasteiger partial charge in [-0.2, -0.15) is 0 Å². The Hall–Kier alpha value is -3.62. The third kappa shape index (κ3) is 7.76. The summed E-state index contributed by atoms with van der Waals surface area (Å²) in [5.41, 5.74) is 4.13. The summed E-state index contributed by atoms with van der Waals surface area (Å²) in [6, 6.07) is 20.5. The molecule has 1 N–H and O–H groups in total. The molecule has 0 spiro atoms. The Morgan fingerprint density at radius 2 is 1.85 bits per heavy atom. The maximum atomic E-state index is 13.9. The summed E-state index contributed by atoms with van der Waals surface area (Å²) >= 11 is 6.34. The van der Waals surface area contributed by atoms with Crippen molar-refractivity contribution in [2.24, 2.45) is 23.7 Å². The molecule has 1 fully saturated rings. The Morgan fingerprint density at radius 3 is 2.62 bits per heavy atom. The van der Waals surface area contributed by atoms with Gasteiger partial charge in [-0.3, -0.25) is 4.79 Å². The SMILES string of the molecule is C[C@H]1C/C=C/[C@H](C=O)[C@@H]2CC[C@H]2CN2CCCCc3cc(Cl)ccc3COc3ccc(cc32)C(=O)NS(=O)(=O)[C@@H]1Cc1ccccc1. The molecule has 0 unspecified atom stereocenters. The van der Waals surface area contributed by atoms with E-state index >= 15 is 0 Å². The van der Waals surface area contributed by atoms with Crippen LogP contribution in [-0.2, 0) is 34.3 Å². The van der Waals surface area contributed by atoms with E-state index in [-0.39, 0.29) is 29.7 Å². The molecule has 0 saturated heterocycles. The minimum atomic E-state index is -4.08. The summed E-state index contributed by atoms with van der Waals surface area (Å²) in [5.74, 6) is -0.0515. The topological polar surface area (TPSA) is 92.8 Å². The number of hydrogen-bond acceptors (Lipinski definition) is 6. The van der Waals surface area contributed by atoms with Crippen molar-refractivity contribution >= 4 is 39.5 Å². The first-order valence-corrected chi connectivity index (χ1v) is 18.6. The van der Waals surface area contributed by atoms with Crippen LogP contribution in [0.15, 0.2) is 78.9 Å². The van der Waals surface area contributed by atoms with Gasteiger partial charge in [0.25, 0.3) is 5.91 Å². The van der Waals surface area contributed by atoms with Crippen LogP contribution in [0.3, 0.4) is 0 Å². The van der Waals surface area contributed by atoms with Crippen molar-refractivity contribution in [3.05, 3.63) is 106 Å². The minimum absolute atomic E-state index is 0.205. The molecule has 7 nitrogen and oxygen atoms in total. The number of aldehydes is 1. The number of anilines is 1. The standard InChI is InChI=1S/C38H43ClN2O5S/c1-26-8-7-12-31(24-42)34-17-14-30(34)23-41-19-6-5-11-28-21-33(39)16-13-32(28)25-46-36-18-15-29(22-35(36)41)38(43)40-47(44,45)37(26)20-27-9-3-2-4-10-27/h2-4,7,9-10,12-13,15-16,18,21-22,24,26,30-31,34,37H,5-6,8,11,14,17,19-20,23,25H2,1H3,(H,40,43)/b12-7+/t26-,30-,31+,34+,37+/m0/s1. The number of halogens is 1. The number of sulfonamides is 1. The van der Waals surface area contributed by atoms with Crippen LogP contribution in [0.2, 0.25) is 5.02 Å². The largest absolute Gasteiger partial charge is 0.487 e. The molecule has 2 aliphatic heterocycles. The molecule has 1 aliphatic carbocycles. The fraction of sp³-hybridized carbons (Fsp3) is 0.421. The predicted molar refractivity (Wildman–Crippen MR) is 186 cm³/mol. The number of hydrogen-bond donors (Lipinski definition) is 1. The van der Waals surface area contributed by atoms with Crippen LogP contribution in [0.25, 0.3) is 0 Å². The number of benzene rings is 3. The molecule has 0 aromatic heterocycles. The molecule has 2 bridgehead atoms. The van der Waals surface area contributed by atoms with Crippen molar-refractivity contribution < 1.29 is 22.7 Å². The van der Waals surface area contributed by atoms with E-state index in [1.807, 2.05) is 67.6 Å². The third-order valence-electron chi connectivity index (χ3n) is 10.2. The highest BCUT2D eigenvalue weighted by molar-refractivity contribution is 7.90. The van der Waals surface area contributed by atoms with Gasteiger partial charge in [0, 0.05) is 29.6 Å². The van der Waals surface area contributed by atoms with Crippen LogP contribution in [0.4, 0.5) is 5.69 Å². The minimum Gasteiger partial charge on any atom is -0.487 e. The number of nitrogens with one attached hydrogen (secondary N) is 1. The highest BCUT2D eigenvalue weighted by Gasteiger charge is 2.38. The number of carbonyl (C=O) groups excluding carboxylic acids is 2. The number of nitrogens with zero attached hydrogens (tertiary/aromatic N) is 1. The Bertz CT molecular complexity index is 1730. The predicted octanol–water partition coefficient (Wildman–Crippen LogP) is 7.17. The highest BCUT2D eigenvalue weighted by Crippen LogP contribution is 2.42. The summed E-state index contributed by atoms with van der Waals surface area (Å²) in [4.78, 5) is 28.4. The first-order valence-electron chi connectivity index (χ1n) is 16.7. The Morgan fingerprint density at radius 1 is 1.02 bits per heavy atom. The Kier molecular flexibility index (Phi) is 10.4. The molecule has 6 rings (SSSR count). The Labute approximate surface area is 283 Å². The van der Waals surface area contributed by atoms with Crippen molar-refractivity contribution in [1.29, 1.82) is 0 Å². The van der Waals surface area contributed by atoms with Crippen molar-refractivity contribution in [3.8, 4) is 5.75 Å². The lowest BCUT2D eigenvalue weighted by Gasteiger charge is -2.43. The van der Waals surface area contributed by atoms with Gasteiger partial charge in [-0.25, -0.2) is 13.1 Å². The van der Waals surface area contributed by atoms with Crippen LogP contribution >= 0.6 is 11.6 Å². The molecular weight excluding hydrogens is 632 g/mol. The fourth-order valence-electron chi connectivity index (χ4n) is 7.31. The van der Waals surface area contributed by atoms with Gasteiger partial charge in [0.15, 0.2) is 0 Å². The average Bonchev–Trinajstić information content (AvgIpc) is 3.07. The molecule has 3 aliphatic rings. The van der Waals surface area contributed by atoms with Crippen LogP contribution in [0.1, 0.15) is 66.1 Å². The molecule has 1 amide bonds. The van der Waals surface area contributed by atoms with Gasteiger partial charge >= 0.3 is 0 Å². The summed E-state index contributed by atoms with van der Waals surface area (Å²) in [6.45, 7) is 3.69. The van der Waals surface area contributed by atoms with Gasteiger partial charge in [-0.05, 0) is 110 Å². The van der Waals surface area contributed by atoms with Gasteiger partial charge in [0.1, 0.15) is 18.6 Å². The first-order chi connectivity index (χ1) is 22.7. The van der Waals surface area contributed by atoms with Gasteiger partial charge < -0.3 is 14.4 Å². The molecule has 248 valence electrons. The fourth-order valence-corrected chi connectivity index (χ4v) is 9.17. The second-order valence-electron chi connectivity index (χ2n) is 13.3. The molecule has 2 heterocycles. The molecule has 1 saturated carbocycles. The number of rotatable bonds is 3. The van der Waals surface area contributed by atoms with E-state index in [1.54, 1.807) is 18.2 Å². The zero-order valence-electron chi connectivity index (χ0n) is 26.8. The van der Waals surface area contributed by atoms with Crippen LogP contribution < -0.4 is 14.4 Å². The Balaban J connectivity index is 1.39. The van der Waals surface area contributed by atoms with E-state index in [2.05, 4.69) is 9.62 Å². The van der Waals surface area contributed by atoms with E-state index in [4.69, 9.17) is 16.3 Å². The van der Waals surface area contributed by atoms with E-state index < -0.39 is 21.2 Å². The number of carbonyl (C=O) groups is 2. The summed E-state index contributed by atoms with van der Waals surface area (Å²) < 4.78 is 36.8. The smallest absolute Gasteiger partial charge is 0.264 e. The van der Waals surface area contributed by atoms with Gasteiger partial charge in [-0.15, -0.1) is 0 Å². The number of aryl methyl sites for hydroxylation is 1. The van der Waals surface area contributed by atoms with Gasteiger partial charge in [0.2, 0.25) is 10.0 Å². The van der Waals surface area contributed by atoms with Crippen molar-refractivity contribution in [2.45, 2.75) is 63.7 Å². The lowest BCUT2D eigenvalue weighted by molar-refractivity contribution is -0.112. The van der Waals surface area contributed by atoms with Crippen LogP contribution in [0.5, 0.6) is 5.75 Å². The normalized spacial score (nSPS) is 27.0. The second kappa shape index (κ2) is 14.7. The molecule has 3 aromatic carbocycles. The highest BCUT2D eigenvalue weighted by atomic mass is 35.5. The molecular formula is C38H43ClN2O5S. The summed E-state index contributed by atoms with van der Waals surface area (Å²) in [6.07, 6.45) is 10.4. The lowest BCUT2D eigenvalue weighted by atomic mass is 9.67. The maximum Gasteiger partial charge on any atom is 0.264 e. The van der Waals surface area contributed by atoms with Gasteiger partial charge in [-0.1, -0.05) is 67.1 Å². The van der Waals surface area contributed by atoms with E-state index in [0.717, 1.165) is 73.9 Å². The quantitative estimate of drug-likeness (QED) is 0.234. The number of amides is 1. The van der Waals surface area contributed by atoms with Crippen molar-refractivity contribution in [3.63, 3.8) is 0 Å².